The van der Waals surface area contributed by atoms with E-state index in [2.05, 4.69) is 15.1 Å². The average Bonchev–Trinajstić information content (AvgIpc) is 3.25. The number of aromatic nitrogens is 5. The Morgan fingerprint density at radius 1 is 1.17 bits per heavy atom. The van der Waals surface area contributed by atoms with Crippen LogP contribution < -0.4 is 0 Å². The van der Waals surface area contributed by atoms with E-state index in [9.17, 15) is 4.79 Å². The summed E-state index contributed by atoms with van der Waals surface area (Å²) in [5.41, 5.74) is 1.97. The number of amides is 1. The lowest BCUT2D eigenvalue weighted by Crippen LogP contribution is -2.39. The van der Waals surface area contributed by atoms with E-state index in [1.807, 2.05) is 34.0 Å². The molecular weight excluding hydrogens is 292 g/mol. The fourth-order valence-corrected chi connectivity index (χ4v) is 3.12. The highest BCUT2D eigenvalue weighted by atomic mass is 16.2. The third-order valence-electron chi connectivity index (χ3n) is 4.42. The van der Waals surface area contributed by atoms with Gasteiger partial charge in [0, 0.05) is 49.4 Å². The van der Waals surface area contributed by atoms with Crippen LogP contribution in [0.1, 0.15) is 24.5 Å². The minimum atomic E-state index is 0.153. The fraction of sp³-hybridized carbons (Fsp3) is 0.375. The van der Waals surface area contributed by atoms with Crippen molar-refractivity contribution in [2.24, 2.45) is 0 Å². The van der Waals surface area contributed by atoms with Crippen LogP contribution in [0.5, 0.6) is 0 Å². The molecule has 1 aliphatic rings. The van der Waals surface area contributed by atoms with Crippen LogP contribution in [-0.4, -0.2) is 48.0 Å². The number of hydrogen-bond acceptors (Lipinski definition) is 4. The Bertz CT molecular complexity index is 801. The summed E-state index contributed by atoms with van der Waals surface area (Å²) in [5.74, 6) is 0.563. The number of imidazole rings is 1. The predicted octanol–water partition coefficient (Wildman–Crippen LogP) is 1.33. The van der Waals surface area contributed by atoms with Crippen molar-refractivity contribution in [1.82, 2.24) is 29.0 Å². The monoisotopic (exact) mass is 310 g/mol. The maximum atomic E-state index is 12.3. The number of nitrogens with zero attached hydrogens (tertiary/aromatic N) is 6. The second-order valence-electron chi connectivity index (χ2n) is 5.88. The fourth-order valence-electron chi connectivity index (χ4n) is 3.12. The van der Waals surface area contributed by atoms with Gasteiger partial charge in [-0.25, -0.2) is 14.5 Å². The number of likely N-dealkylation sites (tertiary alicyclic amines) is 1. The lowest BCUT2D eigenvalue weighted by molar-refractivity contribution is -0.132. The van der Waals surface area contributed by atoms with Gasteiger partial charge in [0.25, 0.3) is 0 Å². The van der Waals surface area contributed by atoms with Crippen molar-refractivity contribution >= 4 is 11.6 Å². The molecule has 0 aromatic carbocycles. The Morgan fingerprint density at radius 2 is 2.04 bits per heavy atom. The summed E-state index contributed by atoms with van der Waals surface area (Å²) in [4.78, 5) is 22.9. The minimum Gasteiger partial charge on any atom is -0.341 e. The largest absolute Gasteiger partial charge is 0.341 e. The summed E-state index contributed by atoms with van der Waals surface area (Å²) >= 11 is 0. The Hall–Kier alpha value is -2.70. The van der Waals surface area contributed by atoms with E-state index in [0.29, 0.717) is 12.5 Å². The third-order valence-corrected chi connectivity index (χ3v) is 4.42. The van der Waals surface area contributed by atoms with Crippen LogP contribution in [0.2, 0.25) is 0 Å². The van der Waals surface area contributed by atoms with Crippen LogP contribution in [0.25, 0.3) is 5.65 Å². The molecule has 118 valence electrons. The Morgan fingerprint density at radius 3 is 2.83 bits per heavy atom. The van der Waals surface area contributed by atoms with Gasteiger partial charge in [-0.1, -0.05) is 0 Å². The van der Waals surface area contributed by atoms with Gasteiger partial charge in [0.2, 0.25) is 5.91 Å². The van der Waals surface area contributed by atoms with E-state index >= 15 is 0 Å². The summed E-state index contributed by atoms with van der Waals surface area (Å²) in [6.45, 7) is 1.93. The molecular formula is C16H18N6O. The highest BCUT2D eigenvalue weighted by molar-refractivity contribution is 5.76. The van der Waals surface area contributed by atoms with Crippen molar-refractivity contribution in [1.29, 1.82) is 0 Å². The number of rotatable bonds is 3. The first-order valence-electron chi connectivity index (χ1n) is 7.83. The van der Waals surface area contributed by atoms with Gasteiger partial charge in [0.1, 0.15) is 6.54 Å². The second kappa shape index (κ2) is 5.83. The summed E-state index contributed by atoms with van der Waals surface area (Å²) in [6.07, 6.45) is 10.8. The molecule has 0 saturated carbocycles. The molecule has 3 aromatic rings. The maximum Gasteiger partial charge on any atom is 0.242 e. The summed E-state index contributed by atoms with van der Waals surface area (Å²) < 4.78 is 3.58. The van der Waals surface area contributed by atoms with Crippen LogP contribution in [-0.2, 0) is 11.3 Å². The van der Waals surface area contributed by atoms with Crippen molar-refractivity contribution in [3.63, 3.8) is 0 Å². The van der Waals surface area contributed by atoms with Gasteiger partial charge in [-0.2, -0.15) is 5.10 Å². The normalized spacial score (nSPS) is 16.1. The molecule has 1 aliphatic heterocycles. The molecule has 1 saturated heterocycles. The highest BCUT2D eigenvalue weighted by Gasteiger charge is 2.24. The molecule has 7 heteroatoms. The molecule has 23 heavy (non-hydrogen) atoms. The van der Waals surface area contributed by atoms with Gasteiger partial charge in [-0.15, -0.1) is 0 Å². The van der Waals surface area contributed by atoms with Crippen molar-refractivity contribution in [2.45, 2.75) is 25.3 Å². The summed E-state index contributed by atoms with van der Waals surface area (Å²) in [7, 11) is 0. The van der Waals surface area contributed by atoms with E-state index in [1.165, 1.54) is 0 Å². The molecule has 7 nitrogen and oxygen atoms in total. The predicted molar refractivity (Wildman–Crippen MR) is 83.8 cm³/mol. The van der Waals surface area contributed by atoms with Gasteiger partial charge in [-0.3, -0.25) is 4.79 Å². The highest BCUT2D eigenvalue weighted by Crippen LogP contribution is 2.27. The smallest absolute Gasteiger partial charge is 0.242 e. The van der Waals surface area contributed by atoms with E-state index in [-0.39, 0.29) is 5.91 Å². The Kier molecular flexibility index (Phi) is 3.53. The quantitative estimate of drug-likeness (QED) is 0.732. The van der Waals surface area contributed by atoms with Crippen LogP contribution in [0.15, 0.2) is 43.2 Å². The SMILES string of the molecule is O=C(Cn1ccnc1)N1CCC(c2ccn3nccc3n2)CC1. The third kappa shape index (κ3) is 2.81. The second-order valence-corrected chi connectivity index (χ2v) is 5.88. The molecule has 1 amide bonds. The van der Waals surface area contributed by atoms with E-state index in [4.69, 9.17) is 0 Å². The molecule has 4 heterocycles. The minimum absolute atomic E-state index is 0.153. The van der Waals surface area contributed by atoms with Gasteiger partial charge < -0.3 is 9.47 Å². The van der Waals surface area contributed by atoms with Crippen molar-refractivity contribution in [2.75, 3.05) is 13.1 Å². The average molecular weight is 310 g/mol. The molecule has 0 atom stereocenters. The van der Waals surface area contributed by atoms with Gasteiger partial charge in [0.15, 0.2) is 5.65 Å². The topological polar surface area (TPSA) is 68.3 Å². The zero-order valence-electron chi connectivity index (χ0n) is 12.7. The number of piperidine rings is 1. The molecule has 0 bridgehead atoms. The number of carbonyl (C=O) groups is 1. The lowest BCUT2D eigenvalue weighted by atomic mass is 9.93. The zero-order chi connectivity index (χ0) is 15.6. The van der Waals surface area contributed by atoms with E-state index in [1.54, 1.807) is 23.2 Å². The summed E-state index contributed by atoms with van der Waals surface area (Å²) in [6, 6.07) is 3.95. The molecule has 4 rings (SSSR count). The Balaban J connectivity index is 1.39. The number of hydrogen-bond donors (Lipinski definition) is 0. The standard InChI is InChI=1S/C16H18N6O/c23-16(11-20-10-6-17-12-20)21-7-2-13(3-8-21)14-4-9-22-15(19-14)1-5-18-22/h1,4-6,9-10,12-13H,2-3,7-8,11H2. The molecule has 0 radical (unpaired) electrons. The van der Waals surface area contributed by atoms with Crippen molar-refractivity contribution in [3.05, 3.63) is 48.9 Å². The van der Waals surface area contributed by atoms with E-state index < -0.39 is 0 Å². The van der Waals surface area contributed by atoms with Gasteiger partial charge >= 0.3 is 0 Å². The number of fused-ring (bicyclic) bond motifs is 1. The first-order valence-corrected chi connectivity index (χ1v) is 7.83. The van der Waals surface area contributed by atoms with Crippen LogP contribution in [0.3, 0.4) is 0 Å². The molecule has 3 aromatic heterocycles. The molecule has 0 N–H and O–H groups in total. The molecule has 1 fully saturated rings. The molecule has 0 spiro atoms. The van der Waals surface area contributed by atoms with E-state index in [0.717, 1.165) is 37.3 Å². The maximum absolute atomic E-state index is 12.3. The molecule has 0 aliphatic carbocycles. The first-order chi connectivity index (χ1) is 11.3. The van der Waals surface area contributed by atoms with Crippen LogP contribution >= 0.6 is 0 Å². The lowest BCUT2D eigenvalue weighted by Gasteiger charge is -2.31. The van der Waals surface area contributed by atoms with Gasteiger partial charge in [-0.05, 0) is 18.9 Å². The zero-order valence-corrected chi connectivity index (χ0v) is 12.7. The van der Waals surface area contributed by atoms with Crippen molar-refractivity contribution in [3.8, 4) is 0 Å². The Labute approximate surface area is 133 Å². The number of carbonyl (C=O) groups excluding carboxylic acids is 1. The van der Waals surface area contributed by atoms with Crippen molar-refractivity contribution < 1.29 is 4.79 Å². The van der Waals surface area contributed by atoms with Crippen LogP contribution in [0, 0.1) is 0 Å². The summed E-state index contributed by atoms with van der Waals surface area (Å²) in [5, 5.41) is 4.17. The first kappa shape index (κ1) is 13.9. The molecule has 0 unspecified atom stereocenters. The van der Waals surface area contributed by atoms with Gasteiger partial charge in [0.05, 0.1) is 12.5 Å². The van der Waals surface area contributed by atoms with Crippen LogP contribution in [0.4, 0.5) is 0 Å².